The van der Waals surface area contributed by atoms with Gasteiger partial charge >= 0.3 is 0 Å². The Morgan fingerprint density at radius 1 is 1.36 bits per heavy atom. The molecule has 9 heteroatoms. The Hall–Kier alpha value is -3.38. The molecule has 1 aromatic heterocycles. The zero-order valence-corrected chi connectivity index (χ0v) is 13.5. The van der Waals surface area contributed by atoms with Crippen LogP contribution in [0.1, 0.15) is 5.56 Å². The van der Waals surface area contributed by atoms with E-state index in [1.165, 1.54) is 29.5 Å². The van der Waals surface area contributed by atoms with Gasteiger partial charge in [0.15, 0.2) is 11.5 Å². The fraction of sp³-hybridized carbons (Fsp3) is 0.125. The van der Waals surface area contributed by atoms with E-state index in [4.69, 9.17) is 9.47 Å². The number of nitrogens with one attached hydrogen (secondary N) is 1. The number of carbonyl (C=O) groups excluding carboxylic acids is 1. The number of nitro benzene ring substituents is 1. The van der Waals surface area contributed by atoms with Gasteiger partial charge in [-0.2, -0.15) is 16.6 Å². The van der Waals surface area contributed by atoms with Crippen LogP contribution < -0.4 is 14.8 Å². The summed E-state index contributed by atoms with van der Waals surface area (Å²) in [6.45, 7) is 0.595. The van der Waals surface area contributed by atoms with E-state index in [-0.39, 0.29) is 29.3 Å². The van der Waals surface area contributed by atoms with Gasteiger partial charge in [0, 0.05) is 6.07 Å². The van der Waals surface area contributed by atoms with Crippen molar-refractivity contribution in [3.8, 4) is 17.6 Å². The Bertz CT molecular complexity index is 899. The van der Waals surface area contributed by atoms with Crippen molar-refractivity contribution in [3.63, 3.8) is 0 Å². The monoisotopic (exact) mass is 357 g/mol. The lowest BCUT2D eigenvalue weighted by Gasteiger charge is -2.19. The van der Waals surface area contributed by atoms with E-state index in [1.54, 1.807) is 17.5 Å². The van der Waals surface area contributed by atoms with Crippen molar-refractivity contribution in [2.45, 2.75) is 0 Å². The average molecular weight is 357 g/mol. The summed E-state index contributed by atoms with van der Waals surface area (Å²) in [5, 5.41) is 26.4. The SMILES string of the molecule is N#C/C(=C\c1ccsc1)C(=O)Nc1cc2c(cc1[N+](=O)[O-])OCCO2. The highest BCUT2D eigenvalue weighted by Gasteiger charge is 2.24. The van der Waals surface area contributed by atoms with Crippen molar-refractivity contribution in [1.82, 2.24) is 0 Å². The third kappa shape index (κ3) is 3.59. The second kappa shape index (κ2) is 7.02. The molecule has 0 fully saturated rings. The Labute approximate surface area is 146 Å². The van der Waals surface area contributed by atoms with Gasteiger partial charge in [-0.1, -0.05) is 0 Å². The summed E-state index contributed by atoms with van der Waals surface area (Å²) >= 11 is 1.42. The molecule has 8 nitrogen and oxygen atoms in total. The van der Waals surface area contributed by atoms with Crippen LogP contribution >= 0.6 is 11.3 Å². The molecule has 0 aliphatic carbocycles. The molecule has 1 N–H and O–H groups in total. The van der Waals surface area contributed by atoms with E-state index >= 15 is 0 Å². The lowest BCUT2D eigenvalue weighted by molar-refractivity contribution is -0.384. The van der Waals surface area contributed by atoms with Gasteiger partial charge < -0.3 is 14.8 Å². The second-order valence-corrected chi connectivity index (χ2v) is 5.73. The van der Waals surface area contributed by atoms with Crippen molar-refractivity contribution in [2.24, 2.45) is 0 Å². The number of nitriles is 1. The van der Waals surface area contributed by atoms with E-state index in [9.17, 15) is 20.2 Å². The molecule has 126 valence electrons. The lowest BCUT2D eigenvalue weighted by Crippen LogP contribution is -2.18. The van der Waals surface area contributed by atoms with Crippen LogP contribution in [0.4, 0.5) is 11.4 Å². The number of nitrogens with zero attached hydrogens (tertiary/aromatic N) is 2. The molecule has 0 saturated heterocycles. The topological polar surface area (TPSA) is 114 Å². The van der Waals surface area contributed by atoms with Crippen LogP contribution in [0.25, 0.3) is 6.08 Å². The van der Waals surface area contributed by atoms with Gasteiger partial charge in [0.1, 0.15) is 30.5 Å². The highest BCUT2D eigenvalue weighted by Crippen LogP contribution is 2.39. The Morgan fingerprint density at radius 2 is 2.08 bits per heavy atom. The molecule has 2 aromatic rings. The fourth-order valence-corrected chi connectivity index (χ4v) is 2.81. The zero-order chi connectivity index (χ0) is 17.8. The highest BCUT2D eigenvalue weighted by atomic mass is 32.1. The van der Waals surface area contributed by atoms with Crippen molar-refractivity contribution >= 4 is 34.7 Å². The predicted molar refractivity (Wildman–Crippen MR) is 90.6 cm³/mol. The summed E-state index contributed by atoms with van der Waals surface area (Å²) in [6, 6.07) is 6.07. The minimum absolute atomic E-state index is 0.0641. The molecule has 0 saturated carbocycles. The predicted octanol–water partition coefficient (Wildman–Crippen LogP) is 2.97. The average Bonchev–Trinajstić information content (AvgIpc) is 3.12. The number of anilines is 1. The van der Waals surface area contributed by atoms with Gasteiger partial charge in [-0.3, -0.25) is 14.9 Å². The van der Waals surface area contributed by atoms with E-state index in [1.807, 2.05) is 5.38 Å². The van der Waals surface area contributed by atoms with Crippen LogP contribution in [0.2, 0.25) is 0 Å². The number of fused-ring (bicyclic) bond motifs is 1. The summed E-state index contributed by atoms with van der Waals surface area (Å²) in [4.78, 5) is 22.9. The molecule has 1 aliphatic rings. The van der Waals surface area contributed by atoms with Crippen LogP contribution in [-0.2, 0) is 4.79 Å². The highest BCUT2D eigenvalue weighted by molar-refractivity contribution is 7.08. The minimum atomic E-state index is -0.742. The van der Waals surface area contributed by atoms with Crippen LogP contribution in [-0.4, -0.2) is 24.0 Å². The first-order chi connectivity index (χ1) is 12.1. The minimum Gasteiger partial charge on any atom is -0.486 e. The fourth-order valence-electron chi connectivity index (χ4n) is 2.19. The Kier molecular flexibility index (Phi) is 4.63. The first-order valence-electron chi connectivity index (χ1n) is 7.12. The molecule has 0 bridgehead atoms. The number of ether oxygens (including phenoxy) is 2. The summed E-state index contributed by atoms with van der Waals surface area (Å²) < 4.78 is 10.7. The third-order valence-corrected chi connectivity index (χ3v) is 4.03. The van der Waals surface area contributed by atoms with Crippen molar-refractivity contribution in [1.29, 1.82) is 5.26 Å². The number of amides is 1. The van der Waals surface area contributed by atoms with Gasteiger partial charge in [0.05, 0.1) is 11.0 Å². The summed E-state index contributed by atoms with van der Waals surface area (Å²) in [5.74, 6) is -0.203. The molecular formula is C16H11N3O5S. The number of rotatable bonds is 4. The van der Waals surface area contributed by atoms with Crippen molar-refractivity contribution in [2.75, 3.05) is 18.5 Å². The van der Waals surface area contributed by atoms with Gasteiger partial charge in [-0.15, -0.1) is 0 Å². The summed E-state index contributed by atoms with van der Waals surface area (Å²) in [7, 11) is 0. The van der Waals surface area contributed by atoms with Crippen LogP contribution in [0, 0.1) is 21.4 Å². The van der Waals surface area contributed by atoms with Crippen molar-refractivity contribution in [3.05, 3.63) is 50.2 Å². The third-order valence-electron chi connectivity index (χ3n) is 3.32. The largest absolute Gasteiger partial charge is 0.486 e. The molecule has 1 aliphatic heterocycles. The first-order valence-corrected chi connectivity index (χ1v) is 8.06. The maximum absolute atomic E-state index is 12.3. The molecule has 1 amide bonds. The van der Waals surface area contributed by atoms with Crippen LogP contribution in [0.5, 0.6) is 11.5 Å². The number of carbonyl (C=O) groups is 1. The van der Waals surface area contributed by atoms with E-state index in [2.05, 4.69) is 5.32 Å². The lowest BCUT2D eigenvalue weighted by atomic mass is 10.1. The first kappa shape index (κ1) is 16.5. The number of hydrogen-bond acceptors (Lipinski definition) is 7. The van der Waals surface area contributed by atoms with Crippen molar-refractivity contribution < 1.29 is 19.2 Å². The molecule has 0 spiro atoms. The molecule has 0 unspecified atom stereocenters. The number of benzene rings is 1. The summed E-state index contributed by atoms with van der Waals surface area (Å²) in [5.41, 5.74) is 0.132. The van der Waals surface area contributed by atoms with Gasteiger partial charge in [0.2, 0.25) is 0 Å². The second-order valence-electron chi connectivity index (χ2n) is 4.95. The smallest absolute Gasteiger partial charge is 0.296 e. The normalized spacial score (nSPS) is 13.0. The van der Waals surface area contributed by atoms with Crippen LogP contribution in [0.15, 0.2) is 34.5 Å². The Balaban J connectivity index is 1.92. The van der Waals surface area contributed by atoms with E-state index in [0.717, 1.165) is 0 Å². The van der Waals surface area contributed by atoms with Crippen LogP contribution in [0.3, 0.4) is 0 Å². The van der Waals surface area contributed by atoms with Gasteiger partial charge in [-0.25, -0.2) is 0 Å². The molecule has 0 atom stereocenters. The quantitative estimate of drug-likeness (QED) is 0.389. The maximum atomic E-state index is 12.3. The molecule has 0 radical (unpaired) electrons. The maximum Gasteiger partial charge on any atom is 0.296 e. The number of thiophene rings is 1. The number of hydrogen-bond donors (Lipinski definition) is 1. The molecule has 3 rings (SSSR count). The summed E-state index contributed by atoms with van der Waals surface area (Å²) in [6.07, 6.45) is 1.41. The van der Waals surface area contributed by atoms with Gasteiger partial charge in [0.25, 0.3) is 11.6 Å². The van der Waals surface area contributed by atoms with E-state index in [0.29, 0.717) is 17.9 Å². The van der Waals surface area contributed by atoms with Gasteiger partial charge in [-0.05, 0) is 28.5 Å². The molecule has 1 aromatic carbocycles. The molecule has 2 heterocycles. The van der Waals surface area contributed by atoms with E-state index < -0.39 is 10.8 Å². The Morgan fingerprint density at radius 3 is 2.68 bits per heavy atom. The molecular weight excluding hydrogens is 346 g/mol. The molecule has 25 heavy (non-hydrogen) atoms. The number of nitro groups is 1. The zero-order valence-electron chi connectivity index (χ0n) is 12.7. The standard InChI is InChI=1S/C16H11N3O5S/c17-8-11(5-10-1-4-25-9-10)16(20)18-12-6-14-15(24-3-2-23-14)7-13(12)19(21)22/h1,4-7,9H,2-3H2,(H,18,20)/b11-5+.